The Labute approximate surface area is 158 Å². The van der Waals surface area contributed by atoms with Gasteiger partial charge in [0.25, 0.3) is 0 Å². The van der Waals surface area contributed by atoms with Gasteiger partial charge in [0.15, 0.2) is 0 Å². The molecule has 0 atom stereocenters. The molecule has 0 aromatic heterocycles. The number of carbonyl (C=O) groups excluding carboxylic acids is 2. The lowest BCUT2D eigenvalue weighted by molar-refractivity contribution is -0.121. The molecule has 0 radical (unpaired) electrons. The second kappa shape index (κ2) is 9.65. The number of likely N-dealkylation sites (tertiary alicyclic amines) is 1. The zero-order valence-electron chi connectivity index (χ0n) is 15.1. The Bertz CT molecular complexity index is 746. The van der Waals surface area contributed by atoms with Gasteiger partial charge in [0.2, 0.25) is 15.9 Å². The number of ether oxygens (including phenoxy) is 1. The molecule has 1 fully saturated rings. The second-order valence-corrected chi connectivity index (χ2v) is 7.90. The summed E-state index contributed by atoms with van der Waals surface area (Å²) in [5, 5.41) is 2.84. The fourth-order valence-electron chi connectivity index (χ4n) is 2.72. The summed E-state index contributed by atoms with van der Waals surface area (Å²) in [4.78, 5) is 25.2. The summed E-state index contributed by atoms with van der Waals surface area (Å²) in [6.45, 7) is 3.01. The number of piperidine rings is 1. The van der Waals surface area contributed by atoms with Crippen LogP contribution in [0.15, 0.2) is 29.2 Å². The van der Waals surface area contributed by atoms with Gasteiger partial charge in [-0.1, -0.05) is 0 Å². The molecule has 8 nitrogen and oxygen atoms in total. The van der Waals surface area contributed by atoms with Crippen molar-refractivity contribution >= 4 is 22.0 Å². The molecule has 1 aliphatic heterocycles. The van der Waals surface area contributed by atoms with Crippen molar-refractivity contribution in [3.8, 4) is 0 Å². The number of rotatable bonds is 7. The Balaban J connectivity index is 1.71. The van der Waals surface area contributed by atoms with Crippen LogP contribution in [0, 0.1) is 5.82 Å². The van der Waals surface area contributed by atoms with Crippen molar-refractivity contribution in [2.45, 2.75) is 37.1 Å². The topological polar surface area (TPSA) is 105 Å². The van der Waals surface area contributed by atoms with Crippen LogP contribution in [0.2, 0.25) is 0 Å². The summed E-state index contributed by atoms with van der Waals surface area (Å²) in [6.07, 6.45) is 0.869. The fraction of sp³-hybridized carbons (Fsp3) is 0.529. The van der Waals surface area contributed by atoms with Crippen molar-refractivity contribution in [2.24, 2.45) is 0 Å². The van der Waals surface area contributed by atoms with Crippen molar-refractivity contribution in [2.75, 3.05) is 26.2 Å². The van der Waals surface area contributed by atoms with Gasteiger partial charge in [0.05, 0.1) is 11.5 Å². The van der Waals surface area contributed by atoms with E-state index in [1.807, 2.05) is 0 Å². The third-order valence-electron chi connectivity index (χ3n) is 4.15. The summed E-state index contributed by atoms with van der Waals surface area (Å²) >= 11 is 0. The van der Waals surface area contributed by atoms with Gasteiger partial charge in [-0.3, -0.25) is 4.79 Å². The van der Waals surface area contributed by atoms with Crippen molar-refractivity contribution in [3.63, 3.8) is 0 Å². The van der Waals surface area contributed by atoms with Gasteiger partial charge in [0.1, 0.15) is 5.82 Å². The van der Waals surface area contributed by atoms with Crippen molar-refractivity contribution in [3.05, 3.63) is 30.1 Å². The molecule has 1 aromatic rings. The lowest BCUT2D eigenvalue weighted by Gasteiger charge is -2.31. The first-order valence-corrected chi connectivity index (χ1v) is 10.3. The summed E-state index contributed by atoms with van der Waals surface area (Å²) < 4.78 is 44.2. The second-order valence-electron chi connectivity index (χ2n) is 6.13. The highest BCUT2D eigenvalue weighted by molar-refractivity contribution is 7.89. The van der Waals surface area contributed by atoms with Crippen LogP contribution < -0.4 is 10.0 Å². The highest BCUT2D eigenvalue weighted by Crippen LogP contribution is 2.12. The predicted molar refractivity (Wildman–Crippen MR) is 96.0 cm³/mol. The molecule has 0 spiro atoms. The fourth-order valence-corrected chi connectivity index (χ4v) is 3.75. The molecule has 27 heavy (non-hydrogen) atoms. The van der Waals surface area contributed by atoms with E-state index in [2.05, 4.69) is 10.0 Å². The van der Waals surface area contributed by atoms with Crippen LogP contribution in [0.1, 0.15) is 26.2 Å². The van der Waals surface area contributed by atoms with Gasteiger partial charge in [0, 0.05) is 32.1 Å². The molecule has 1 heterocycles. The number of hydrogen-bond acceptors (Lipinski definition) is 5. The highest BCUT2D eigenvalue weighted by Gasteiger charge is 2.24. The zero-order valence-corrected chi connectivity index (χ0v) is 15.9. The SMILES string of the molecule is CCOC(=O)N1CCC(NC(=O)CCNS(=O)(=O)c2ccc(F)cc2)CC1. The maximum atomic E-state index is 12.9. The average Bonchev–Trinajstić information content (AvgIpc) is 2.62. The molecule has 1 saturated heterocycles. The Morgan fingerprint density at radius 1 is 1.22 bits per heavy atom. The first-order chi connectivity index (χ1) is 12.8. The number of carbonyl (C=O) groups is 2. The third kappa shape index (κ3) is 6.47. The first-order valence-electron chi connectivity index (χ1n) is 8.78. The largest absolute Gasteiger partial charge is 0.450 e. The van der Waals surface area contributed by atoms with Gasteiger partial charge < -0.3 is 15.0 Å². The average molecular weight is 401 g/mol. The van der Waals surface area contributed by atoms with Crippen LogP contribution >= 0.6 is 0 Å². The van der Waals surface area contributed by atoms with Gasteiger partial charge in [-0.2, -0.15) is 0 Å². The number of hydrogen-bond donors (Lipinski definition) is 2. The molecule has 2 N–H and O–H groups in total. The Morgan fingerprint density at radius 3 is 2.44 bits per heavy atom. The molecule has 0 saturated carbocycles. The third-order valence-corrected chi connectivity index (χ3v) is 5.63. The molecule has 10 heteroatoms. The van der Waals surface area contributed by atoms with Crippen molar-refractivity contribution < 1.29 is 27.1 Å². The first kappa shape index (κ1) is 21.1. The zero-order chi connectivity index (χ0) is 19.9. The molecular formula is C17H24FN3O5S. The Hall–Kier alpha value is -2.20. The maximum Gasteiger partial charge on any atom is 0.409 e. The normalized spacial score (nSPS) is 15.4. The smallest absolute Gasteiger partial charge is 0.409 e. The summed E-state index contributed by atoms with van der Waals surface area (Å²) in [6, 6.07) is 4.38. The minimum Gasteiger partial charge on any atom is -0.450 e. The molecule has 2 rings (SSSR count). The standard InChI is InChI=1S/C17H24FN3O5S/c1-2-26-17(23)21-11-8-14(9-12-21)20-16(22)7-10-19-27(24,25)15-5-3-13(18)4-6-15/h3-6,14,19H,2,7-12H2,1H3,(H,20,22). The highest BCUT2D eigenvalue weighted by atomic mass is 32.2. The van der Waals surface area contributed by atoms with Crippen LogP contribution in [0.4, 0.5) is 9.18 Å². The molecule has 1 aromatic carbocycles. The molecule has 0 unspecified atom stereocenters. The summed E-state index contributed by atoms with van der Waals surface area (Å²) in [5.74, 6) is -0.797. The van der Waals surface area contributed by atoms with E-state index in [1.165, 1.54) is 0 Å². The Morgan fingerprint density at radius 2 is 1.85 bits per heavy atom. The maximum absolute atomic E-state index is 12.9. The quantitative estimate of drug-likeness (QED) is 0.715. The molecular weight excluding hydrogens is 377 g/mol. The minimum atomic E-state index is -3.78. The number of nitrogens with zero attached hydrogens (tertiary/aromatic N) is 1. The minimum absolute atomic E-state index is 0.0154. The summed E-state index contributed by atoms with van der Waals surface area (Å²) in [7, 11) is -3.78. The van der Waals surface area contributed by atoms with Crippen LogP contribution in [0.5, 0.6) is 0 Å². The molecule has 150 valence electrons. The van der Waals surface area contributed by atoms with Crippen LogP contribution in [-0.2, 0) is 19.6 Å². The van der Waals surface area contributed by atoms with E-state index in [0.717, 1.165) is 24.3 Å². The predicted octanol–water partition coefficient (Wildman–Crippen LogP) is 1.23. The van der Waals surface area contributed by atoms with Crippen LogP contribution in [0.25, 0.3) is 0 Å². The lowest BCUT2D eigenvalue weighted by Crippen LogP contribution is -2.47. The number of sulfonamides is 1. The van der Waals surface area contributed by atoms with Crippen molar-refractivity contribution in [1.82, 2.24) is 14.9 Å². The van der Waals surface area contributed by atoms with Crippen molar-refractivity contribution in [1.29, 1.82) is 0 Å². The van der Waals surface area contributed by atoms with E-state index in [0.29, 0.717) is 32.5 Å². The number of benzene rings is 1. The van der Waals surface area contributed by atoms with E-state index >= 15 is 0 Å². The molecule has 2 amide bonds. The van der Waals surface area contributed by atoms with Gasteiger partial charge in [-0.15, -0.1) is 0 Å². The van der Waals surface area contributed by atoms with Gasteiger partial charge in [-0.25, -0.2) is 22.3 Å². The number of halogens is 1. The summed E-state index contributed by atoms with van der Waals surface area (Å²) in [5.41, 5.74) is 0. The van der Waals surface area contributed by atoms with Gasteiger partial charge >= 0.3 is 6.09 Å². The molecule has 1 aliphatic rings. The Kier molecular flexibility index (Phi) is 7.55. The lowest BCUT2D eigenvalue weighted by atomic mass is 10.1. The van der Waals surface area contributed by atoms with Crippen LogP contribution in [0.3, 0.4) is 0 Å². The van der Waals surface area contributed by atoms with E-state index in [4.69, 9.17) is 4.74 Å². The number of nitrogens with one attached hydrogen (secondary N) is 2. The van der Waals surface area contributed by atoms with Gasteiger partial charge in [-0.05, 0) is 44.0 Å². The van der Waals surface area contributed by atoms with E-state index in [-0.39, 0.29) is 35.9 Å². The van der Waals surface area contributed by atoms with Crippen LogP contribution in [-0.4, -0.2) is 57.6 Å². The monoisotopic (exact) mass is 401 g/mol. The van der Waals surface area contributed by atoms with E-state index in [9.17, 15) is 22.4 Å². The molecule has 0 aliphatic carbocycles. The number of amides is 2. The van der Waals surface area contributed by atoms with E-state index < -0.39 is 15.8 Å². The molecule has 0 bridgehead atoms. The van der Waals surface area contributed by atoms with E-state index in [1.54, 1.807) is 11.8 Å².